The molecule has 1 aromatic heterocycles. The van der Waals surface area contributed by atoms with E-state index in [0.717, 1.165) is 11.3 Å². The van der Waals surface area contributed by atoms with Crippen molar-refractivity contribution in [2.45, 2.75) is 26.5 Å². The first-order chi connectivity index (χ1) is 20.6. The van der Waals surface area contributed by atoms with Gasteiger partial charge in [-0.25, -0.2) is 14.2 Å². The van der Waals surface area contributed by atoms with Gasteiger partial charge >= 0.3 is 11.7 Å². The average molecular weight is 687 g/mol. The lowest BCUT2D eigenvalue weighted by Crippen LogP contribution is -2.40. The minimum atomic E-state index is -0.901. The maximum Gasteiger partial charge on any atom is 0.338 e. The number of benzene rings is 3. The van der Waals surface area contributed by atoms with Crippen LogP contribution in [0.25, 0.3) is 6.08 Å². The standard InChI is InChI=1S/C30H22BrClFN3O6S/c1-3-41-29(38)25-16(2)34-30-35(26(25)19-9-5-6-10-21(19)32)28(37)24(43-30)14-17-12-20(31)27(23(13-17)36(39)40)42-15-18-8-4-7-11-22(18)33/h4-14,26H,3,15H2,1-2H3/b24-14-/t26-/m1/s1. The van der Waals surface area contributed by atoms with E-state index in [1.807, 2.05) is 0 Å². The lowest BCUT2D eigenvalue weighted by atomic mass is 9.96. The molecule has 0 saturated carbocycles. The van der Waals surface area contributed by atoms with E-state index in [4.69, 9.17) is 21.1 Å². The Labute approximate surface area is 261 Å². The van der Waals surface area contributed by atoms with Gasteiger partial charge in [-0.05, 0) is 65.2 Å². The molecule has 1 aliphatic rings. The van der Waals surface area contributed by atoms with E-state index in [-0.39, 0.29) is 44.8 Å². The molecule has 5 rings (SSSR count). The first-order valence-electron chi connectivity index (χ1n) is 12.9. The number of carbonyl (C=O) groups is 1. The fourth-order valence-electron chi connectivity index (χ4n) is 4.66. The van der Waals surface area contributed by atoms with Crippen molar-refractivity contribution in [2.75, 3.05) is 6.61 Å². The van der Waals surface area contributed by atoms with Crippen LogP contribution in [-0.2, 0) is 16.1 Å². The third-order valence-electron chi connectivity index (χ3n) is 6.59. The quantitative estimate of drug-likeness (QED) is 0.131. The highest BCUT2D eigenvalue weighted by Crippen LogP contribution is 2.38. The molecule has 0 N–H and O–H groups in total. The number of rotatable bonds is 8. The molecule has 2 heterocycles. The summed E-state index contributed by atoms with van der Waals surface area (Å²) in [6.45, 7) is 3.24. The molecular weight excluding hydrogens is 665 g/mol. The molecule has 43 heavy (non-hydrogen) atoms. The van der Waals surface area contributed by atoms with Gasteiger partial charge in [0.15, 0.2) is 4.80 Å². The van der Waals surface area contributed by atoms with Crippen molar-refractivity contribution in [3.63, 3.8) is 0 Å². The molecule has 3 aromatic carbocycles. The lowest BCUT2D eigenvalue weighted by molar-refractivity contribution is -0.386. The number of esters is 1. The predicted octanol–water partition coefficient (Wildman–Crippen LogP) is 5.84. The van der Waals surface area contributed by atoms with Gasteiger partial charge in [0.2, 0.25) is 5.75 Å². The summed E-state index contributed by atoms with van der Waals surface area (Å²) >= 11 is 10.9. The Hall–Kier alpha value is -4.13. The summed E-state index contributed by atoms with van der Waals surface area (Å²) in [6.07, 6.45) is 1.50. The molecule has 220 valence electrons. The van der Waals surface area contributed by atoms with Crippen molar-refractivity contribution in [3.05, 3.63) is 134 Å². The number of nitrogens with zero attached hydrogens (tertiary/aromatic N) is 3. The van der Waals surface area contributed by atoms with Gasteiger partial charge in [0.1, 0.15) is 18.5 Å². The van der Waals surface area contributed by atoms with Gasteiger partial charge in [-0.2, -0.15) is 0 Å². The van der Waals surface area contributed by atoms with Gasteiger partial charge in [0.25, 0.3) is 5.56 Å². The minimum absolute atomic E-state index is 0.0831. The molecule has 0 fully saturated rings. The Morgan fingerprint density at radius 3 is 2.65 bits per heavy atom. The molecule has 0 spiro atoms. The molecule has 0 bridgehead atoms. The van der Waals surface area contributed by atoms with Gasteiger partial charge in [-0.1, -0.05) is 59.3 Å². The van der Waals surface area contributed by atoms with E-state index >= 15 is 0 Å². The largest absolute Gasteiger partial charge is 0.481 e. The van der Waals surface area contributed by atoms with Crippen LogP contribution in [0, 0.1) is 15.9 Å². The topological polar surface area (TPSA) is 113 Å². The van der Waals surface area contributed by atoms with Crippen LogP contribution in [0.15, 0.2) is 86.2 Å². The van der Waals surface area contributed by atoms with Crippen molar-refractivity contribution in [1.29, 1.82) is 0 Å². The molecule has 4 aromatic rings. The molecule has 9 nitrogen and oxygen atoms in total. The normalized spacial score (nSPS) is 14.7. The summed E-state index contributed by atoms with van der Waals surface area (Å²) in [5.74, 6) is -1.20. The van der Waals surface area contributed by atoms with Gasteiger partial charge in [0, 0.05) is 16.7 Å². The highest BCUT2D eigenvalue weighted by atomic mass is 79.9. The summed E-state index contributed by atoms with van der Waals surface area (Å²) < 4.78 is 26.9. The van der Waals surface area contributed by atoms with Gasteiger partial charge in [0.05, 0.1) is 31.8 Å². The molecule has 0 saturated heterocycles. The molecule has 0 radical (unpaired) electrons. The fourth-order valence-corrected chi connectivity index (χ4v) is 6.53. The first-order valence-corrected chi connectivity index (χ1v) is 14.9. The van der Waals surface area contributed by atoms with Crippen molar-refractivity contribution < 1.29 is 23.6 Å². The molecule has 0 amide bonds. The zero-order valence-electron chi connectivity index (χ0n) is 22.7. The Balaban J connectivity index is 1.62. The summed E-state index contributed by atoms with van der Waals surface area (Å²) in [5.41, 5.74) is 0.802. The van der Waals surface area contributed by atoms with Crippen LogP contribution >= 0.6 is 38.9 Å². The van der Waals surface area contributed by atoms with Crippen LogP contribution in [0.1, 0.15) is 36.6 Å². The Morgan fingerprint density at radius 1 is 1.23 bits per heavy atom. The van der Waals surface area contributed by atoms with E-state index < -0.39 is 28.3 Å². The van der Waals surface area contributed by atoms with E-state index in [0.29, 0.717) is 26.6 Å². The zero-order valence-corrected chi connectivity index (χ0v) is 25.8. The Bertz CT molecular complexity index is 1990. The fraction of sp³-hybridized carbons (Fsp3) is 0.167. The van der Waals surface area contributed by atoms with Crippen LogP contribution in [-0.4, -0.2) is 22.1 Å². The number of aromatic nitrogens is 1. The lowest BCUT2D eigenvalue weighted by Gasteiger charge is -2.25. The summed E-state index contributed by atoms with van der Waals surface area (Å²) in [4.78, 5) is 43.1. The number of hydrogen-bond acceptors (Lipinski definition) is 8. The summed E-state index contributed by atoms with van der Waals surface area (Å²) in [7, 11) is 0. The predicted molar refractivity (Wildman–Crippen MR) is 163 cm³/mol. The molecular formula is C30H22BrClFN3O6S. The number of ether oxygens (including phenoxy) is 2. The molecule has 13 heteroatoms. The van der Waals surface area contributed by atoms with Crippen molar-refractivity contribution in [3.8, 4) is 5.75 Å². The molecule has 1 atom stereocenters. The molecule has 0 aliphatic carbocycles. The van der Waals surface area contributed by atoms with Crippen LogP contribution in [0.4, 0.5) is 10.1 Å². The van der Waals surface area contributed by atoms with Crippen LogP contribution in [0.5, 0.6) is 5.75 Å². The van der Waals surface area contributed by atoms with E-state index in [1.165, 1.54) is 34.9 Å². The smallest absolute Gasteiger partial charge is 0.338 e. The number of thiazole rings is 1. The minimum Gasteiger partial charge on any atom is -0.481 e. The van der Waals surface area contributed by atoms with Gasteiger partial charge < -0.3 is 9.47 Å². The zero-order chi connectivity index (χ0) is 30.8. The molecule has 1 aliphatic heterocycles. The monoisotopic (exact) mass is 685 g/mol. The third-order valence-corrected chi connectivity index (χ3v) is 8.50. The second-order valence-corrected chi connectivity index (χ2v) is 11.6. The van der Waals surface area contributed by atoms with Crippen molar-refractivity contribution >= 4 is 56.6 Å². The Kier molecular flexibility index (Phi) is 8.90. The van der Waals surface area contributed by atoms with Crippen LogP contribution in [0.3, 0.4) is 0 Å². The Morgan fingerprint density at radius 2 is 1.95 bits per heavy atom. The van der Waals surface area contributed by atoms with Crippen LogP contribution < -0.4 is 19.6 Å². The first kappa shape index (κ1) is 30.3. The highest BCUT2D eigenvalue weighted by Gasteiger charge is 2.34. The van der Waals surface area contributed by atoms with Crippen molar-refractivity contribution in [1.82, 2.24) is 4.57 Å². The number of fused-ring (bicyclic) bond motifs is 1. The highest BCUT2D eigenvalue weighted by molar-refractivity contribution is 9.10. The van der Waals surface area contributed by atoms with Crippen molar-refractivity contribution in [2.24, 2.45) is 4.99 Å². The number of hydrogen-bond donors (Lipinski definition) is 0. The number of nitro benzene ring substituents is 1. The van der Waals surface area contributed by atoms with E-state index in [1.54, 1.807) is 50.2 Å². The third kappa shape index (κ3) is 6.03. The van der Waals surface area contributed by atoms with Gasteiger partial charge in [-0.3, -0.25) is 19.5 Å². The van der Waals surface area contributed by atoms with Crippen LogP contribution in [0.2, 0.25) is 5.02 Å². The van der Waals surface area contributed by atoms with E-state index in [2.05, 4.69) is 20.9 Å². The second kappa shape index (κ2) is 12.6. The second-order valence-electron chi connectivity index (χ2n) is 9.31. The van der Waals surface area contributed by atoms with E-state index in [9.17, 15) is 24.1 Å². The average Bonchev–Trinajstić information content (AvgIpc) is 3.26. The number of carbonyl (C=O) groups excluding carboxylic acids is 1. The van der Waals surface area contributed by atoms with Gasteiger partial charge in [-0.15, -0.1) is 0 Å². The number of allylic oxidation sites excluding steroid dienone is 1. The molecule has 0 unspecified atom stereocenters. The maximum atomic E-state index is 14.1. The number of nitro groups is 1. The SMILES string of the molecule is CCOC(=O)C1=C(C)N=c2s/c(=C\c3cc(Br)c(OCc4ccccc4F)c([N+](=O)[O-])c3)c(=O)n2[C@@H]1c1ccccc1Cl. The maximum absolute atomic E-state index is 14.1. The summed E-state index contributed by atoms with van der Waals surface area (Å²) in [5, 5.41) is 12.3. The summed E-state index contributed by atoms with van der Waals surface area (Å²) in [6, 6.07) is 14.8. The number of halogens is 3.